The number of benzene rings is 3. The van der Waals surface area contributed by atoms with Gasteiger partial charge in [0.15, 0.2) is 0 Å². The Kier molecular flexibility index (Phi) is 3.19. The number of hydrogen-bond acceptors (Lipinski definition) is 3. The van der Waals surface area contributed by atoms with Crippen molar-refractivity contribution in [1.82, 2.24) is 0 Å². The second kappa shape index (κ2) is 5.36. The van der Waals surface area contributed by atoms with E-state index >= 15 is 0 Å². The van der Waals surface area contributed by atoms with E-state index in [0.29, 0.717) is 0 Å². The molecule has 0 spiro atoms. The first-order valence-corrected chi connectivity index (χ1v) is 7.63. The van der Waals surface area contributed by atoms with Gasteiger partial charge in [-0.15, -0.1) is 0 Å². The Bertz CT molecular complexity index is 929. The molecule has 0 bridgehead atoms. The highest BCUT2D eigenvalue weighted by Gasteiger charge is 2.17. The molecule has 23 heavy (non-hydrogen) atoms. The lowest BCUT2D eigenvalue weighted by Gasteiger charge is -2.02. The molecule has 3 nitrogen and oxygen atoms in total. The van der Waals surface area contributed by atoms with Gasteiger partial charge in [0.2, 0.25) is 0 Å². The second-order valence-electron chi connectivity index (χ2n) is 5.85. The Morgan fingerprint density at radius 1 is 0.826 bits per heavy atom. The highest BCUT2D eigenvalue weighted by Crippen LogP contribution is 2.38. The van der Waals surface area contributed by atoms with E-state index in [0.717, 1.165) is 23.4 Å². The fraction of sp³-hybridized carbons (Fsp3) is 0.100. The Balaban J connectivity index is 1.65. The summed E-state index contributed by atoms with van der Waals surface area (Å²) < 4.78 is 0. The van der Waals surface area contributed by atoms with Crippen molar-refractivity contribution in [2.75, 3.05) is 0 Å². The summed E-state index contributed by atoms with van der Waals surface area (Å²) >= 11 is 0. The van der Waals surface area contributed by atoms with E-state index in [1.54, 1.807) is 18.2 Å². The van der Waals surface area contributed by atoms with Gasteiger partial charge < -0.3 is 5.11 Å². The fourth-order valence-electron chi connectivity index (χ4n) is 3.06. The molecule has 3 aromatic rings. The van der Waals surface area contributed by atoms with Crippen molar-refractivity contribution >= 4 is 11.4 Å². The third kappa shape index (κ3) is 2.50. The molecular weight excluding hydrogens is 284 g/mol. The zero-order valence-corrected chi connectivity index (χ0v) is 12.8. The molecule has 3 heteroatoms. The van der Waals surface area contributed by atoms with E-state index in [1.807, 2.05) is 13.0 Å². The number of aromatic hydroxyl groups is 1. The lowest BCUT2D eigenvalue weighted by molar-refractivity contribution is 0.475. The predicted molar refractivity (Wildman–Crippen MR) is 91.7 cm³/mol. The van der Waals surface area contributed by atoms with Crippen LogP contribution in [0.3, 0.4) is 0 Å². The number of rotatable bonds is 2. The number of hydrogen-bond donors (Lipinski definition) is 1. The topological polar surface area (TPSA) is 45.0 Å². The van der Waals surface area contributed by atoms with Crippen LogP contribution in [-0.4, -0.2) is 5.11 Å². The Hall–Kier alpha value is -2.94. The fourth-order valence-corrected chi connectivity index (χ4v) is 3.06. The minimum Gasteiger partial charge on any atom is -0.508 e. The first-order chi connectivity index (χ1) is 11.2. The summed E-state index contributed by atoms with van der Waals surface area (Å²) in [5.74, 6) is 0.247. The molecule has 4 rings (SSSR count). The third-order valence-corrected chi connectivity index (χ3v) is 4.23. The first-order valence-electron chi connectivity index (χ1n) is 7.63. The molecule has 1 N–H and O–H groups in total. The summed E-state index contributed by atoms with van der Waals surface area (Å²) in [6.45, 7) is 1.91. The molecule has 112 valence electrons. The van der Waals surface area contributed by atoms with Gasteiger partial charge in [0.25, 0.3) is 0 Å². The molecular formula is C20H16N2O. The summed E-state index contributed by atoms with van der Waals surface area (Å²) in [6.07, 6.45) is 0.951. The van der Waals surface area contributed by atoms with Gasteiger partial charge in [-0.25, -0.2) is 0 Å². The molecule has 0 saturated carbocycles. The lowest BCUT2D eigenvalue weighted by Crippen LogP contribution is -1.79. The highest BCUT2D eigenvalue weighted by atomic mass is 16.3. The van der Waals surface area contributed by atoms with Crippen LogP contribution >= 0.6 is 0 Å². The van der Waals surface area contributed by atoms with E-state index in [-0.39, 0.29) is 5.75 Å². The third-order valence-electron chi connectivity index (χ3n) is 4.23. The van der Waals surface area contributed by atoms with Gasteiger partial charge >= 0.3 is 0 Å². The SMILES string of the molecule is Cc1cc(O)ccc1N=Nc1ccc2c(c1)Cc1ccccc1-2. The van der Waals surface area contributed by atoms with Crippen LogP contribution in [-0.2, 0) is 6.42 Å². The van der Waals surface area contributed by atoms with E-state index < -0.39 is 0 Å². The molecule has 1 aliphatic rings. The number of fused-ring (bicyclic) bond motifs is 3. The quantitative estimate of drug-likeness (QED) is 0.475. The van der Waals surface area contributed by atoms with Crippen molar-refractivity contribution < 1.29 is 5.11 Å². The molecule has 0 saturated heterocycles. The monoisotopic (exact) mass is 300 g/mol. The van der Waals surface area contributed by atoms with Crippen molar-refractivity contribution in [3.05, 3.63) is 77.4 Å². The van der Waals surface area contributed by atoms with Gasteiger partial charge in [0.05, 0.1) is 11.4 Å². The van der Waals surface area contributed by atoms with Gasteiger partial charge in [-0.3, -0.25) is 0 Å². The van der Waals surface area contributed by atoms with Crippen LogP contribution in [0.1, 0.15) is 16.7 Å². The van der Waals surface area contributed by atoms with Gasteiger partial charge in [0.1, 0.15) is 5.75 Å². The zero-order valence-electron chi connectivity index (χ0n) is 12.8. The minimum absolute atomic E-state index is 0.247. The molecule has 0 atom stereocenters. The number of azo groups is 1. The van der Waals surface area contributed by atoms with Crippen LogP contribution in [0.2, 0.25) is 0 Å². The Morgan fingerprint density at radius 2 is 1.65 bits per heavy atom. The second-order valence-corrected chi connectivity index (χ2v) is 5.85. The van der Waals surface area contributed by atoms with Crippen molar-refractivity contribution in [2.24, 2.45) is 10.2 Å². The standard InChI is InChI=1S/C20H16N2O/c1-13-10-17(23)7-9-20(13)22-21-16-6-8-19-15(12-16)11-14-4-2-3-5-18(14)19/h2-10,12,23H,11H2,1H3. The Labute approximate surface area is 135 Å². The number of nitrogens with zero attached hydrogens (tertiary/aromatic N) is 2. The summed E-state index contributed by atoms with van der Waals surface area (Å²) in [7, 11) is 0. The molecule has 0 heterocycles. The van der Waals surface area contributed by atoms with Crippen LogP contribution in [0, 0.1) is 6.92 Å². The molecule has 0 radical (unpaired) electrons. The minimum atomic E-state index is 0.247. The van der Waals surface area contributed by atoms with Crippen LogP contribution in [0.15, 0.2) is 70.9 Å². The average Bonchev–Trinajstić information content (AvgIpc) is 2.91. The maximum absolute atomic E-state index is 9.44. The van der Waals surface area contributed by atoms with E-state index in [9.17, 15) is 5.11 Å². The molecule has 1 aliphatic carbocycles. The summed E-state index contributed by atoms with van der Waals surface area (Å²) in [4.78, 5) is 0. The van der Waals surface area contributed by atoms with E-state index in [1.165, 1.54) is 22.3 Å². The van der Waals surface area contributed by atoms with Gasteiger partial charge in [0, 0.05) is 0 Å². The smallest absolute Gasteiger partial charge is 0.115 e. The maximum Gasteiger partial charge on any atom is 0.115 e. The zero-order chi connectivity index (χ0) is 15.8. The maximum atomic E-state index is 9.44. The van der Waals surface area contributed by atoms with Crippen LogP contribution < -0.4 is 0 Å². The molecule has 0 aliphatic heterocycles. The normalized spacial score (nSPS) is 12.4. The number of phenols is 1. The van der Waals surface area contributed by atoms with Gasteiger partial charge in [-0.1, -0.05) is 30.3 Å². The largest absolute Gasteiger partial charge is 0.508 e. The molecule has 0 unspecified atom stereocenters. The predicted octanol–water partition coefficient (Wildman–Crippen LogP) is 5.69. The van der Waals surface area contributed by atoms with E-state index in [4.69, 9.17) is 0 Å². The van der Waals surface area contributed by atoms with Gasteiger partial charge in [-0.2, -0.15) is 10.2 Å². The van der Waals surface area contributed by atoms with Crippen LogP contribution in [0.5, 0.6) is 5.75 Å². The summed E-state index contributed by atoms with van der Waals surface area (Å²) in [6, 6.07) is 19.8. The molecule has 3 aromatic carbocycles. The molecule has 0 amide bonds. The average molecular weight is 300 g/mol. The Morgan fingerprint density at radius 3 is 2.52 bits per heavy atom. The summed E-state index contributed by atoms with van der Waals surface area (Å²) in [5.41, 5.74) is 7.80. The van der Waals surface area contributed by atoms with E-state index in [2.05, 4.69) is 46.6 Å². The molecule has 0 aromatic heterocycles. The number of phenolic OH excluding ortho intramolecular Hbond substituents is 1. The summed E-state index contributed by atoms with van der Waals surface area (Å²) in [5, 5.41) is 18.1. The first kappa shape index (κ1) is 13.7. The van der Waals surface area contributed by atoms with Crippen molar-refractivity contribution in [3.63, 3.8) is 0 Å². The lowest BCUT2D eigenvalue weighted by atomic mass is 10.1. The highest BCUT2D eigenvalue weighted by molar-refractivity contribution is 5.78. The van der Waals surface area contributed by atoms with Crippen molar-refractivity contribution in [3.8, 4) is 16.9 Å². The van der Waals surface area contributed by atoms with Crippen molar-refractivity contribution in [2.45, 2.75) is 13.3 Å². The van der Waals surface area contributed by atoms with Crippen LogP contribution in [0.4, 0.5) is 11.4 Å². The van der Waals surface area contributed by atoms with Crippen LogP contribution in [0.25, 0.3) is 11.1 Å². The molecule has 0 fully saturated rings. The van der Waals surface area contributed by atoms with Crippen molar-refractivity contribution in [1.29, 1.82) is 0 Å². The number of aryl methyl sites for hydroxylation is 1. The van der Waals surface area contributed by atoms with Gasteiger partial charge in [-0.05, 0) is 71.5 Å².